The van der Waals surface area contributed by atoms with Crippen LogP contribution in [0.5, 0.6) is 5.75 Å². The van der Waals surface area contributed by atoms with E-state index in [9.17, 15) is 4.79 Å². The van der Waals surface area contributed by atoms with E-state index in [1.807, 2.05) is 49.5 Å². The summed E-state index contributed by atoms with van der Waals surface area (Å²) >= 11 is 0. The molecule has 0 saturated heterocycles. The van der Waals surface area contributed by atoms with Crippen LogP contribution in [0.25, 0.3) is 21.9 Å². The number of fused-ring (bicyclic) bond motifs is 4. The summed E-state index contributed by atoms with van der Waals surface area (Å²) < 4.78 is 17.5. The molecule has 5 heteroatoms. The van der Waals surface area contributed by atoms with E-state index >= 15 is 0 Å². The molecule has 3 heterocycles. The molecule has 4 aromatic rings. The van der Waals surface area contributed by atoms with Gasteiger partial charge in [0.2, 0.25) is 6.29 Å². The van der Waals surface area contributed by atoms with Gasteiger partial charge in [0, 0.05) is 36.0 Å². The van der Waals surface area contributed by atoms with E-state index in [1.165, 1.54) is 0 Å². The predicted octanol–water partition coefficient (Wildman–Crippen LogP) is 4.55. The lowest BCUT2D eigenvalue weighted by molar-refractivity contribution is -0.0889. The number of nitrogens with one attached hydrogen (secondary N) is 1. The Labute approximate surface area is 155 Å². The fourth-order valence-electron chi connectivity index (χ4n) is 4.01. The summed E-state index contributed by atoms with van der Waals surface area (Å²) in [5.74, 6) is 0.407. The molecule has 0 fully saturated rings. The monoisotopic (exact) mass is 361 g/mol. The summed E-state index contributed by atoms with van der Waals surface area (Å²) in [7, 11) is 0. The molecule has 1 N–H and O–H groups in total. The second-order valence-electron chi connectivity index (χ2n) is 6.71. The quantitative estimate of drug-likeness (QED) is 0.544. The second-order valence-corrected chi connectivity index (χ2v) is 6.71. The third kappa shape index (κ3) is 2.54. The number of aromatic nitrogens is 1. The minimum atomic E-state index is -0.411. The Morgan fingerprint density at radius 3 is 2.74 bits per heavy atom. The van der Waals surface area contributed by atoms with Crippen LogP contribution in [-0.4, -0.2) is 17.9 Å². The van der Waals surface area contributed by atoms with Crippen molar-refractivity contribution in [2.45, 2.75) is 25.6 Å². The van der Waals surface area contributed by atoms with Crippen LogP contribution in [0.15, 0.2) is 63.9 Å². The number of H-pyrrole nitrogens is 1. The van der Waals surface area contributed by atoms with Crippen LogP contribution < -0.4 is 10.4 Å². The third-order valence-electron chi connectivity index (χ3n) is 5.17. The number of benzene rings is 2. The highest BCUT2D eigenvalue weighted by molar-refractivity contribution is 5.87. The number of ether oxygens (including phenoxy) is 2. The first-order valence-corrected chi connectivity index (χ1v) is 9.16. The SMILES string of the molecule is CCO[C@@H]1C[C@@H](c2c[nH]c3ccccc23)c2c(c3ccccc3oc2=O)O1. The smallest absolute Gasteiger partial charge is 0.343 e. The van der Waals surface area contributed by atoms with Crippen molar-refractivity contribution in [3.05, 3.63) is 76.3 Å². The first-order chi connectivity index (χ1) is 13.3. The second kappa shape index (κ2) is 6.28. The molecule has 136 valence electrons. The van der Waals surface area contributed by atoms with Crippen molar-refractivity contribution in [2.24, 2.45) is 0 Å². The first-order valence-electron chi connectivity index (χ1n) is 9.16. The van der Waals surface area contributed by atoms with Crippen molar-refractivity contribution >= 4 is 21.9 Å². The normalized spacial score (nSPS) is 19.1. The third-order valence-corrected chi connectivity index (χ3v) is 5.17. The molecule has 5 nitrogen and oxygen atoms in total. The van der Waals surface area contributed by atoms with Crippen LogP contribution >= 0.6 is 0 Å². The van der Waals surface area contributed by atoms with Crippen molar-refractivity contribution in [1.29, 1.82) is 0 Å². The van der Waals surface area contributed by atoms with E-state index in [0.717, 1.165) is 21.9 Å². The van der Waals surface area contributed by atoms with Crippen LogP contribution in [0.1, 0.15) is 30.4 Å². The van der Waals surface area contributed by atoms with Gasteiger partial charge in [0.05, 0.1) is 10.9 Å². The molecular weight excluding hydrogens is 342 g/mol. The molecule has 1 aliphatic rings. The van der Waals surface area contributed by atoms with Crippen LogP contribution in [0.4, 0.5) is 0 Å². The molecule has 2 aromatic heterocycles. The maximum atomic E-state index is 12.9. The average Bonchev–Trinajstić information content (AvgIpc) is 3.12. The van der Waals surface area contributed by atoms with Crippen molar-refractivity contribution in [3.63, 3.8) is 0 Å². The van der Waals surface area contributed by atoms with E-state index in [0.29, 0.717) is 29.9 Å². The summed E-state index contributed by atoms with van der Waals surface area (Å²) in [5, 5.41) is 1.89. The summed E-state index contributed by atoms with van der Waals surface area (Å²) in [4.78, 5) is 16.2. The fraction of sp³-hybridized carbons (Fsp3) is 0.227. The standard InChI is InChI=1S/C22H19NO4/c1-2-25-19-11-15(16-12-23-17-9-5-3-7-13(16)17)20-21(27-19)14-8-4-6-10-18(14)26-22(20)24/h3-10,12,15,19,23H,2,11H2,1H3/t15-,19-/m0/s1. The lowest BCUT2D eigenvalue weighted by Gasteiger charge is -2.31. The van der Waals surface area contributed by atoms with E-state index < -0.39 is 6.29 Å². The molecule has 27 heavy (non-hydrogen) atoms. The van der Waals surface area contributed by atoms with E-state index in [2.05, 4.69) is 11.1 Å². The molecule has 0 saturated carbocycles. The van der Waals surface area contributed by atoms with Gasteiger partial charge in [-0.1, -0.05) is 30.3 Å². The van der Waals surface area contributed by atoms with Crippen LogP contribution in [0.3, 0.4) is 0 Å². The number of para-hydroxylation sites is 2. The molecule has 2 aromatic carbocycles. The number of hydrogen-bond donors (Lipinski definition) is 1. The van der Waals surface area contributed by atoms with Gasteiger partial charge in [-0.3, -0.25) is 0 Å². The number of aromatic amines is 1. The molecular formula is C22H19NO4. The van der Waals surface area contributed by atoms with Gasteiger partial charge in [0.15, 0.2) is 0 Å². The summed E-state index contributed by atoms with van der Waals surface area (Å²) in [6, 6.07) is 15.5. The number of rotatable bonds is 3. The summed E-state index contributed by atoms with van der Waals surface area (Å²) in [6.45, 7) is 2.48. The van der Waals surface area contributed by atoms with Gasteiger partial charge >= 0.3 is 5.63 Å². The van der Waals surface area contributed by atoms with Crippen molar-refractivity contribution in [2.75, 3.05) is 6.61 Å². The van der Waals surface area contributed by atoms with E-state index in [4.69, 9.17) is 13.9 Å². The van der Waals surface area contributed by atoms with Crippen molar-refractivity contribution in [1.82, 2.24) is 4.98 Å². The maximum Gasteiger partial charge on any atom is 0.343 e. The Morgan fingerprint density at radius 1 is 1.11 bits per heavy atom. The number of hydrogen-bond acceptors (Lipinski definition) is 4. The van der Waals surface area contributed by atoms with E-state index in [-0.39, 0.29) is 11.5 Å². The molecule has 0 bridgehead atoms. The van der Waals surface area contributed by atoms with Crippen LogP contribution in [-0.2, 0) is 4.74 Å². The highest BCUT2D eigenvalue weighted by atomic mass is 16.7. The van der Waals surface area contributed by atoms with Crippen molar-refractivity contribution < 1.29 is 13.9 Å². The molecule has 0 unspecified atom stereocenters. The van der Waals surface area contributed by atoms with Crippen LogP contribution in [0, 0.1) is 0 Å². The van der Waals surface area contributed by atoms with Gasteiger partial charge in [0.1, 0.15) is 11.3 Å². The minimum Gasteiger partial charge on any atom is -0.464 e. The topological polar surface area (TPSA) is 64.5 Å². The molecule has 2 atom stereocenters. The average molecular weight is 361 g/mol. The lowest BCUT2D eigenvalue weighted by Crippen LogP contribution is -2.32. The summed E-state index contributed by atoms with van der Waals surface area (Å²) in [6.07, 6.45) is 2.12. The van der Waals surface area contributed by atoms with E-state index in [1.54, 1.807) is 6.07 Å². The van der Waals surface area contributed by atoms with Gasteiger partial charge in [-0.25, -0.2) is 4.79 Å². The Hall–Kier alpha value is -3.05. The van der Waals surface area contributed by atoms with Gasteiger partial charge in [-0.15, -0.1) is 0 Å². The van der Waals surface area contributed by atoms with Gasteiger partial charge < -0.3 is 18.9 Å². The zero-order valence-corrected chi connectivity index (χ0v) is 14.9. The molecule has 0 aliphatic carbocycles. The van der Waals surface area contributed by atoms with Gasteiger partial charge in [0.25, 0.3) is 0 Å². The molecule has 0 amide bonds. The highest BCUT2D eigenvalue weighted by Crippen LogP contribution is 2.44. The Balaban J connectivity index is 1.78. The maximum absolute atomic E-state index is 12.9. The van der Waals surface area contributed by atoms with Gasteiger partial charge in [-0.05, 0) is 30.7 Å². The zero-order valence-electron chi connectivity index (χ0n) is 14.9. The van der Waals surface area contributed by atoms with Gasteiger partial charge in [-0.2, -0.15) is 0 Å². The molecule has 0 spiro atoms. The zero-order chi connectivity index (χ0) is 18.4. The fourth-order valence-corrected chi connectivity index (χ4v) is 4.01. The summed E-state index contributed by atoms with van der Waals surface area (Å²) in [5.41, 5.74) is 2.83. The van der Waals surface area contributed by atoms with Crippen molar-refractivity contribution in [3.8, 4) is 5.75 Å². The largest absolute Gasteiger partial charge is 0.464 e. The molecule has 5 rings (SSSR count). The highest BCUT2D eigenvalue weighted by Gasteiger charge is 2.35. The molecule has 0 radical (unpaired) electrons. The minimum absolute atomic E-state index is 0.165. The first kappa shape index (κ1) is 16.1. The Kier molecular flexibility index (Phi) is 3.76. The Bertz CT molecular complexity index is 1190. The predicted molar refractivity (Wildman–Crippen MR) is 103 cm³/mol. The van der Waals surface area contributed by atoms with Crippen LogP contribution in [0.2, 0.25) is 0 Å². The molecule has 1 aliphatic heterocycles. The Morgan fingerprint density at radius 2 is 1.89 bits per heavy atom. The lowest BCUT2D eigenvalue weighted by atomic mass is 9.86.